The van der Waals surface area contributed by atoms with E-state index in [2.05, 4.69) is 10.6 Å². The van der Waals surface area contributed by atoms with E-state index in [1.165, 1.54) is 31.2 Å². The number of benzene rings is 1. The Morgan fingerprint density at radius 3 is 2.58 bits per heavy atom. The highest BCUT2D eigenvalue weighted by Gasteiger charge is 2.49. The molecule has 2 rings (SSSR count). The standard InChI is InChI=1S/C16H21FN4O3/c1-10(7-18)8-19-13(22)9-21-14(23)16(2,20-15(21)24)11-3-5-12(17)6-4-11/h3-6,10H,7-9,18H2,1-2H3,(H,19,22)(H,20,24). The van der Waals surface area contributed by atoms with Crippen molar-refractivity contribution in [2.45, 2.75) is 19.4 Å². The molecule has 0 bridgehead atoms. The van der Waals surface area contributed by atoms with Crippen molar-refractivity contribution in [1.82, 2.24) is 15.5 Å². The third-order valence-electron chi connectivity index (χ3n) is 4.05. The first-order chi connectivity index (χ1) is 11.3. The lowest BCUT2D eigenvalue weighted by Crippen LogP contribution is -2.44. The van der Waals surface area contributed by atoms with Crippen LogP contribution in [0.25, 0.3) is 0 Å². The average Bonchev–Trinajstić information content (AvgIpc) is 2.77. The van der Waals surface area contributed by atoms with Gasteiger partial charge in [0.1, 0.15) is 17.9 Å². The Morgan fingerprint density at radius 1 is 1.38 bits per heavy atom. The van der Waals surface area contributed by atoms with Crippen molar-refractivity contribution in [3.63, 3.8) is 0 Å². The Balaban J connectivity index is 2.08. The summed E-state index contributed by atoms with van der Waals surface area (Å²) in [5, 5.41) is 5.20. The first-order valence-corrected chi connectivity index (χ1v) is 7.65. The number of urea groups is 1. The van der Waals surface area contributed by atoms with E-state index in [1.54, 1.807) is 0 Å². The number of hydrogen-bond donors (Lipinski definition) is 3. The number of nitrogens with two attached hydrogens (primary N) is 1. The van der Waals surface area contributed by atoms with Crippen molar-refractivity contribution >= 4 is 17.8 Å². The van der Waals surface area contributed by atoms with Gasteiger partial charge in [0.15, 0.2) is 0 Å². The summed E-state index contributed by atoms with van der Waals surface area (Å²) in [4.78, 5) is 37.5. The van der Waals surface area contributed by atoms with E-state index in [0.717, 1.165) is 4.90 Å². The summed E-state index contributed by atoms with van der Waals surface area (Å²) < 4.78 is 13.1. The number of imide groups is 1. The van der Waals surface area contributed by atoms with Gasteiger partial charge in [-0.1, -0.05) is 19.1 Å². The zero-order valence-electron chi connectivity index (χ0n) is 13.6. The van der Waals surface area contributed by atoms with Crippen LogP contribution in [0.2, 0.25) is 0 Å². The lowest BCUT2D eigenvalue weighted by molar-refractivity contribution is -0.134. The molecule has 1 saturated heterocycles. The Hall–Kier alpha value is -2.48. The smallest absolute Gasteiger partial charge is 0.325 e. The Labute approximate surface area is 139 Å². The highest BCUT2D eigenvalue weighted by molar-refractivity contribution is 6.09. The van der Waals surface area contributed by atoms with Gasteiger partial charge in [-0.25, -0.2) is 9.18 Å². The van der Waals surface area contributed by atoms with Crippen molar-refractivity contribution < 1.29 is 18.8 Å². The minimum Gasteiger partial charge on any atom is -0.354 e. The third kappa shape index (κ3) is 3.53. The molecule has 0 radical (unpaired) electrons. The number of hydrogen-bond acceptors (Lipinski definition) is 4. The maximum Gasteiger partial charge on any atom is 0.325 e. The molecule has 0 aromatic heterocycles. The number of rotatable bonds is 6. The summed E-state index contributed by atoms with van der Waals surface area (Å²) >= 11 is 0. The molecule has 4 amide bonds. The normalized spacial score (nSPS) is 21.6. The fourth-order valence-corrected chi connectivity index (χ4v) is 2.39. The van der Waals surface area contributed by atoms with Gasteiger partial charge < -0.3 is 16.4 Å². The van der Waals surface area contributed by atoms with Gasteiger partial charge in [-0.05, 0) is 37.1 Å². The van der Waals surface area contributed by atoms with Crippen LogP contribution in [0.15, 0.2) is 24.3 Å². The number of carbonyl (C=O) groups excluding carboxylic acids is 3. The summed E-state index contributed by atoms with van der Waals surface area (Å²) in [5.74, 6) is -1.34. The molecule has 0 saturated carbocycles. The van der Waals surface area contributed by atoms with Gasteiger partial charge in [-0.2, -0.15) is 0 Å². The van der Waals surface area contributed by atoms with E-state index in [-0.39, 0.29) is 12.5 Å². The van der Waals surface area contributed by atoms with Crippen LogP contribution in [-0.4, -0.2) is 42.4 Å². The lowest BCUT2D eigenvalue weighted by atomic mass is 9.92. The van der Waals surface area contributed by atoms with Gasteiger partial charge in [0.25, 0.3) is 5.91 Å². The molecule has 24 heavy (non-hydrogen) atoms. The fraction of sp³-hybridized carbons (Fsp3) is 0.438. The third-order valence-corrected chi connectivity index (χ3v) is 4.05. The average molecular weight is 336 g/mol. The summed E-state index contributed by atoms with van der Waals surface area (Å²) in [6.45, 7) is 3.81. The minimum absolute atomic E-state index is 0.0986. The molecule has 0 spiro atoms. The van der Waals surface area contributed by atoms with Gasteiger partial charge in [0.05, 0.1) is 0 Å². The number of amides is 4. The first-order valence-electron chi connectivity index (χ1n) is 7.65. The molecule has 1 aromatic carbocycles. The molecule has 4 N–H and O–H groups in total. The fourth-order valence-electron chi connectivity index (χ4n) is 2.39. The summed E-state index contributed by atoms with van der Waals surface area (Å²) in [6, 6.07) is 4.63. The van der Waals surface area contributed by atoms with Crippen molar-refractivity contribution in [2.24, 2.45) is 11.7 Å². The van der Waals surface area contributed by atoms with Crippen LogP contribution in [0.3, 0.4) is 0 Å². The largest absolute Gasteiger partial charge is 0.354 e. The zero-order valence-corrected chi connectivity index (χ0v) is 13.6. The molecule has 7 nitrogen and oxygen atoms in total. The molecular formula is C16H21FN4O3. The molecule has 1 aliphatic rings. The summed E-state index contributed by atoms with van der Waals surface area (Å²) in [5.41, 5.74) is 4.59. The second kappa shape index (κ2) is 6.96. The van der Waals surface area contributed by atoms with Crippen molar-refractivity contribution in [2.75, 3.05) is 19.6 Å². The zero-order chi connectivity index (χ0) is 17.9. The van der Waals surface area contributed by atoms with Crippen molar-refractivity contribution in [3.8, 4) is 0 Å². The quantitative estimate of drug-likeness (QED) is 0.650. The number of carbonyl (C=O) groups is 3. The van der Waals surface area contributed by atoms with Gasteiger partial charge in [0, 0.05) is 6.54 Å². The number of halogens is 1. The van der Waals surface area contributed by atoms with Crippen LogP contribution >= 0.6 is 0 Å². The van der Waals surface area contributed by atoms with E-state index >= 15 is 0 Å². The summed E-state index contributed by atoms with van der Waals surface area (Å²) in [6.07, 6.45) is 0. The molecule has 1 aliphatic heterocycles. The van der Waals surface area contributed by atoms with Crippen LogP contribution in [0.5, 0.6) is 0 Å². The topological polar surface area (TPSA) is 105 Å². The molecule has 1 aromatic rings. The number of nitrogens with zero attached hydrogens (tertiary/aromatic N) is 1. The van der Waals surface area contributed by atoms with E-state index in [1.807, 2.05) is 6.92 Å². The van der Waals surface area contributed by atoms with E-state index in [4.69, 9.17) is 5.73 Å². The Bertz CT molecular complexity index is 649. The maximum absolute atomic E-state index is 13.1. The maximum atomic E-state index is 13.1. The number of nitrogens with one attached hydrogen (secondary N) is 2. The van der Waals surface area contributed by atoms with Crippen LogP contribution in [-0.2, 0) is 15.1 Å². The predicted octanol–water partition coefficient (Wildman–Crippen LogP) is 0.304. The Kier molecular flexibility index (Phi) is 5.18. The van der Waals surface area contributed by atoms with E-state index in [9.17, 15) is 18.8 Å². The van der Waals surface area contributed by atoms with E-state index < -0.39 is 29.2 Å². The highest BCUT2D eigenvalue weighted by atomic mass is 19.1. The Morgan fingerprint density at radius 2 is 2.00 bits per heavy atom. The van der Waals surface area contributed by atoms with Crippen LogP contribution in [0, 0.1) is 11.7 Å². The molecule has 1 heterocycles. The van der Waals surface area contributed by atoms with Crippen LogP contribution < -0.4 is 16.4 Å². The van der Waals surface area contributed by atoms with Crippen molar-refractivity contribution in [1.29, 1.82) is 0 Å². The molecule has 8 heteroatoms. The molecular weight excluding hydrogens is 315 g/mol. The van der Waals surface area contributed by atoms with Gasteiger partial charge in [-0.3, -0.25) is 14.5 Å². The molecule has 1 fully saturated rings. The van der Waals surface area contributed by atoms with Crippen LogP contribution in [0.1, 0.15) is 19.4 Å². The lowest BCUT2D eigenvalue weighted by Gasteiger charge is -2.22. The first kappa shape index (κ1) is 17.9. The minimum atomic E-state index is -1.32. The van der Waals surface area contributed by atoms with Crippen LogP contribution in [0.4, 0.5) is 9.18 Å². The predicted molar refractivity (Wildman–Crippen MR) is 85.2 cm³/mol. The SMILES string of the molecule is CC(CN)CNC(=O)CN1C(=O)NC(C)(c2ccc(F)cc2)C1=O. The highest BCUT2D eigenvalue weighted by Crippen LogP contribution is 2.28. The summed E-state index contributed by atoms with van der Waals surface area (Å²) in [7, 11) is 0. The molecule has 2 atom stereocenters. The van der Waals surface area contributed by atoms with E-state index in [0.29, 0.717) is 18.7 Å². The second-order valence-electron chi connectivity index (χ2n) is 6.10. The van der Waals surface area contributed by atoms with Gasteiger partial charge >= 0.3 is 6.03 Å². The van der Waals surface area contributed by atoms with Gasteiger partial charge in [0.2, 0.25) is 5.91 Å². The molecule has 130 valence electrons. The molecule has 0 aliphatic carbocycles. The monoisotopic (exact) mass is 336 g/mol. The van der Waals surface area contributed by atoms with Gasteiger partial charge in [-0.15, -0.1) is 0 Å². The molecule has 2 unspecified atom stereocenters. The van der Waals surface area contributed by atoms with Crippen molar-refractivity contribution in [3.05, 3.63) is 35.6 Å². The second-order valence-corrected chi connectivity index (χ2v) is 6.10.